The van der Waals surface area contributed by atoms with Gasteiger partial charge in [0.25, 0.3) is 11.8 Å². The SMILES string of the molecule is COc1ccc(C2=C(Nc3cccc(C)c3)C(=O)N(c3ccc(C)c(Cl)c3)C2=O)cc1. The second-order valence-corrected chi connectivity index (χ2v) is 7.76. The average molecular weight is 433 g/mol. The Labute approximate surface area is 185 Å². The molecule has 0 saturated heterocycles. The van der Waals surface area contributed by atoms with Crippen LogP contribution in [0.2, 0.25) is 5.02 Å². The second-order valence-electron chi connectivity index (χ2n) is 7.35. The van der Waals surface area contributed by atoms with Crippen molar-refractivity contribution in [2.45, 2.75) is 13.8 Å². The third-order valence-corrected chi connectivity index (χ3v) is 5.57. The highest BCUT2D eigenvalue weighted by Gasteiger charge is 2.40. The van der Waals surface area contributed by atoms with E-state index in [4.69, 9.17) is 16.3 Å². The predicted molar refractivity (Wildman–Crippen MR) is 123 cm³/mol. The van der Waals surface area contributed by atoms with E-state index < -0.39 is 11.8 Å². The standard InChI is InChI=1S/C25H21ClN2O3/c1-15-5-4-6-18(13-15)27-23-22(17-8-11-20(31-3)12-9-17)24(29)28(25(23)30)19-10-7-16(2)21(26)14-19/h4-14,27H,1-3H3. The van der Waals surface area contributed by atoms with Crippen molar-refractivity contribution in [2.75, 3.05) is 17.3 Å². The van der Waals surface area contributed by atoms with Gasteiger partial charge in [-0.3, -0.25) is 9.59 Å². The van der Waals surface area contributed by atoms with Gasteiger partial charge in [0.05, 0.1) is 18.4 Å². The van der Waals surface area contributed by atoms with Crippen LogP contribution in [0, 0.1) is 13.8 Å². The van der Waals surface area contributed by atoms with Crippen molar-refractivity contribution in [1.82, 2.24) is 0 Å². The fourth-order valence-electron chi connectivity index (χ4n) is 3.49. The maximum atomic E-state index is 13.5. The molecule has 0 atom stereocenters. The van der Waals surface area contributed by atoms with Gasteiger partial charge in [-0.2, -0.15) is 0 Å². The largest absolute Gasteiger partial charge is 0.497 e. The zero-order chi connectivity index (χ0) is 22.1. The smallest absolute Gasteiger partial charge is 0.282 e. The summed E-state index contributed by atoms with van der Waals surface area (Å²) in [6.07, 6.45) is 0. The number of hydrogen-bond acceptors (Lipinski definition) is 4. The number of nitrogens with one attached hydrogen (secondary N) is 1. The van der Waals surface area contributed by atoms with Crippen LogP contribution < -0.4 is 15.0 Å². The van der Waals surface area contributed by atoms with E-state index >= 15 is 0 Å². The van der Waals surface area contributed by atoms with Gasteiger partial charge in [-0.25, -0.2) is 4.90 Å². The van der Waals surface area contributed by atoms with Gasteiger partial charge in [0, 0.05) is 10.7 Å². The molecule has 1 heterocycles. The molecule has 0 bridgehead atoms. The lowest BCUT2D eigenvalue weighted by Crippen LogP contribution is -2.32. The van der Waals surface area contributed by atoms with Gasteiger partial charge in [-0.1, -0.05) is 41.9 Å². The molecule has 1 aliphatic rings. The molecule has 156 valence electrons. The third-order valence-electron chi connectivity index (χ3n) is 5.16. The Kier molecular flexibility index (Phi) is 5.53. The summed E-state index contributed by atoms with van der Waals surface area (Å²) in [6, 6.07) is 19.8. The molecule has 2 amide bonds. The number of methoxy groups -OCH3 is 1. The minimum absolute atomic E-state index is 0.220. The summed E-state index contributed by atoms with van der Waals surface area (Å²) in [4.78, 5) is 28.0. The number of carbonyl (C=O) groups is 2. The van der Waals surface area contributed by atoms with Gasteiger partial charge in [0.2, 0.25) is 0 Å². The number of halogens is 1. The highest BCUT2D eigenvalue weighted by molar-refractivity contribution is 6.46. The van der Waals surface area contributed by atoms with Gasteiger partial charge in [0.1, 0.15) is 11.4 Å². The normalized spacial score (nSPS) is 13.7. The van der Waals surface area contributed by atoms with Crippen LogP contribution >= 0.6 is 11.6 Å². The Balaban J connectivity index is 1.82. The highest BCUT2D eigenvalue weighted by Crippen LogP contribution is 2.35. The maximum Gasteiger partial charge on any atom is 0.282 e. The highest BCUT2D eigenvalue weighted by atomic mass is 35.5. The first-order chi connectivity index (χ1) is 14.9. The molecule has 3 aromatic rings. The van der Waals surface area contributed by atoms with Crippen molar-refractivity contribution >= 4 is 40.4 Å². The fourth-order valence-corrected chi connectivity index (χ4v) is 3.67. The summed E-state index contributed by atoms with van der Waals surface area (Å²) in [5.41, 5.74) is 4.20. The van der Waals surface area contributed by atoms with E-state index in [1.165, 1.54) is 0 Å². The predicted octanol–water partition coefficient (Wildman–Crippen LogP) is 5.36. The molecular weight excluding hydrogens is 412 g/mol. The molecule has 0 aliphatic carbocycles. The monoisotopic (exact) mass is 432 g/mol. The molecule has 0 radical (unpaired) electrons. The number of hydrogen-bond donors (Lipinski definition) is 1. The van der Waals surface area contributed by atoms with Crippen LogP contribution in [-0.2, 0) is 9.59 Å². The van der Waals surface area contributed by atoms with Crippen LogP contribution in [-0.4, -0.2) is 18.9 Å². The van der Waals surface area contributed by atoms with Crippen molar-refractivity contribution < 1.29 is 14.3 Å². The Morgan fingerprint density at radius 1 is 0.903 bits per heavy atom. The van der Waals surface area contributed by atoms with Crippen LogP contribution in [0.1, 0.15) is 16.7 Å². The molecule has 31 heavy (non-hydrogen) atoms. The Hall–Kier alpha value is -3.57. The van der Waals surface area contributed by atoms with Crippen molar-refractivity contribution in [3.8, 4) is 5.75 Å². The number of imide groups is 1. The molecule has 5 nitrogen and oxygen atoms in total. The summed E-state index contributed by atoms with van der Waals surface area (Å²) in [6.45, 7) is 3.83. The maximum absolute atomic E-state index is 13.5. The number of carbonyl (C=O) groups excluding carboxylic acids is 2. The minimum Gasteiger partial charge on any atom is -0.497 e. The van der Waals surface area contributed by atoms with Crippen LogP contribution in [0.5, 0.6) is 5.75 Å². The molecule has 4 rings (SSSR count). The topological polar surface area (TPSA) is 58.6 Å². The van der Waals surface area contributed by atoms with Crippen LogP contribution in [0.3, 0.4) is 0 Å². The van der Waals surface area contributed by atoms with Crippen LogP contribution in [0.4, 0.5) is 11.4 Å². The second kappa shape index (κ2) is 8.28. The molecule has 3 aromatic carbocycles. The van der Waals surface area contributed by atoms with E-state index in [9.17, 15) is 9.59 Å². The van der Waals surface area contributed by atoms with Gasteiger partial charge < -0.3 is 10.1 Å². The quantitative estimate of drug-likeness (QED) is 0.551. The summed E-state index contributed by atoms with van der Waals surface area (Å²) >= 11 is 6.27. The van der Waals surface area contributed by atoms with Crippen LogP contribution in [0.25, 0.3) is 5.57 Å². The molecule has 0 spiro atoms. The number of anilines is 2. The van der Waals surface area contributed by atoms with Gasteiger partial charge in [-0.05, 0) is 66.9 Å². The Morgan fingerprint density at radius 2 is 1.65 bits per heavy atom. The summed E-state index contributed by atoms with van der Waals surface area (Å²) in [7, 11) is 1.58. The molecule has 0 unspecified atom stereocenters. The third kappa shape index (κ3) is 3.92. The zero-order valence-corrected chi connectivity index (χ0v) is 18.2. The van der Waals surface area contributed by atoms with Crippen molar-refractivity contribution in [2.24, 2.45) is 0 Å². The molecule has 1 N–H and O–H groups in total. The minimum atomic E-state index is -0.433. The summed E-state index contributed by atoms with van der Waals surface area (Å²) in [5.74, 6) is -0.182. The van der Waals surface area contributed by atoms with Crippen molar-refractivity contribution in [3.63, 3.8) is 0 Å². The lowest BCUT2D eigenvalue weighted by molar-refractivity contribution is -0.120. The first kappa shape index (κ1) is 20.7. The van der Waals surface area contributed by atoms with Gasteiger partial charge in [-0.15, -0.1) is 0 Å². The van der Waals surface area contributed by atoms with Crippen molar-refractivity contribution in [1.29, 1.82) is 0 Å². The average Bonchev–Trinajstić information content (AvgIpc) is 3.00. The molecule has 0 fully saturated rings. The summed E-state index contributed by atoms with van der Waals surface area (Å²) < 4.78 is 5.22. The fraction of sp³-hybridized carbons (Fsp3) is 0.120. The number of nitrogens with zero attached hydrogens (tertiary/aromatic N) is 1. The van der Waals surface area contributed by atoms with E-state index in [-0.39, 0.29) is 5.70 Å². The Morgan fingerprint density at radius 3 is 2.29 bits per heavy atom. The van der Waals surface area contributed by atoms with Gasteiger partial charge >= 0.3 is 0 Å². The molecule has 0 saturated carbocycles. The van der Waals surface area contributed by atoms with E-state index in [0.29, 0.717) is 27.6 Å². The first-order valence-electron chi connectivity index (χ1n) is 9.76. The van der Waals surface area contributed by atoms with E-state index in [1.807, 2.05) is 38.1 Å². The van der Waals surface area contributed by atoms with Crippen LogP contribution in [0.15, 0.2) is 72.4 Å². The first-order valence-corrected chi connectivity index (χ1v) is 10.1. The molecule has 1 aliphatic heterocycles. The van der Waals surface area contributed by atoms with Crippen molar-refractivity contribution in [3.05, 3.63) is 94.1 Å². The number of rotatable bonds is 5. The number of amides is 2. The lowest BCUT2D eigenvalue weighted by atomic mass is 10.0. The zero-order valence-electron chi connectivity index (χ0n) is 17.4. The molecular formula is C25H21ClN2O3. The van der Waals surface area contributed by atoms with Gasteiger partial charge in [0.15, 0.2) is 0 Å². The Bertz CT molecular complexity index is 1220. The number of ether oxygens (including phenoxy) is 1. The van der Waals surface area contributed by atoms with E-state index in [0.717, 1.165) is 21.7 Å². The number of benzene rings is 3. The van der Waals surface area contributed by atoms with E-state index in [2.05, 4.69) is 5.32 Å². The number of aryl methyl sites for hydroxylation is 2. The molecule has 6 heteroatoms. The summed E-state index contributed by atoms with van der Waals surface area (Å²) in [5, 5.41) is 3.66. The lowest BCUT2D eigenvalue weighted by Gasteiger charge is -2.16. The molecule has 0 aromatic heterocycles. The van der Waals surface area contributed by atoms with E-state index in [1.54, 1.807) is 49.6 Å².